The number of thiophene rings is 1. The lowest BCUT2D eigenvalue weighted by molar-refractivity contribution is 0.0598. The molecular weight excluding hydrogens is 318 g/mol. The summed E-state index contributed by atoms with van der Waals surface area (Å²) < 4.78 is 0. The second-order valence-electron chi connectivity index (χ2n) is 5.38. The molecule has 0 radical (unpaired) electrons. The quantitative estimate of drug-likeness (QED) is 0.679. The van der Waals surface area contributed by atoms with Crippen LogP contribution in [0.15, 0.2) is 22.2 Å². The maximum atomic E-state index is 11.7. The van der Waals surface area contributed by atoms with Gasteiger partial charge in [-0.1, -0.05) is 0 Å². The lowest BCUT2D eigenvalue weighted by Gasteiger charge is -2.22. The van der Waals surface area contributed by atoms with Gasteiger partial charge in [-0.15, -0.1) is 11.3 Å². The summed E-state index contributed by atoms with van der Waals surface area (Å²) in [7, 11) is 0. The van der Waals surface area contributed by atoms with Crippen molar-refractivity contribution >= 4 is 28.7 Å². The number of aliphatic hydroxyl groups is 1. The third-order valence-electron chi connectivity index (χ3n) is 3.26. The Bertz CT molecular complexity index is 594. The first kappa shape index (κ1) is 16.9. The van der Waals surface area contributed by atoms with Gasteiger partial charge in [-0.25, -0.2) is 9.78 Å². The van der Waals surface area contributed by atoms with Gasteiger partial charge in [0.05, 0.1) is 11.6 Å². The lowest BCUT2D eigenvalue weighted by atomic mass is 9.99. The molecule has 5 nitrogen and oxygen atoms in total. The highest BCUT2D eigenvalue weighted by molar-refractivity contribution is 7.09. The predicted octanol–water partition coefficient (Wildman–Crippen LogP) is 2.65. The molecule has 0 spiro atoms. The van der Waals surface area contributed by atoms with Crippen LogP contribution >= 0.6 is 22.7 Å². The summed E-state index contributed by atoms with van der Waals surface area (Å²) in [5.41, 5.74) is 0.814. The zero-order valence-corrected chi connectivity index (χ0v) is 14.4. The van der Waals surface area contributed by atoms with Gasteiger partial charge in [-0.2, -0.15) is 11.3 Å². The van der Waals surface area contributed by atoms with Crippen molar-refractivity contribution in [3.05, 3.63) is 38.5 Å². The van der Waals surface area contributed by atoms with Crippen LogP contribution in [-0.4, -0.2) is 29.2 Å². The maximum absolute atomic E-state index is 11.7. The molecule has 0 aliphatic rings. The molecule has 2 heterocycles. The fourth-order valence-electron chi connectivity index (χ4n) is 1.95. The average molecular weight is 339 g/mol. The number of nitrogens with zero attached hydrogens (tertiary/aromatic N) is 1. The summed E-state index contributed by atoms with van der Waals surface area (Å²) in [6.07, 6.45) is 1.71. The summed E-state index contributed by atoms with van der Waals surface area (Å²) in [4.78, 5) is 16.1. The number of hydrogen-bond donors (Lipinski definition) is 3. The highest BCUT2D eigenvalue weighted by Gasteiger charge is 2.23. The van der Waals surface area contributed by atoms with E-state index in [-0.39, 0.29) is 12.6 Å². The van der Waals surface area contributed by atoms with Crippen molar-refractivity contribution in [1.29, 1.82) is 0 Å². The van der Waals surface area contributed by atoms with Gasteiger partial charge in [0.2, 0.25) is 0 Å². The summed E-state index contributed by atoms with van der Waals surface area (Å²) in [5.74, 6) is 0. The molecule has 0 bridgehead atoms. The molecule has 0 saturated carbocycles. The minimum Gasteiger partial charge on any atom is -0.384 e. The highest BCUT2D eigenvalue weighted by atomic mass is 32.1. The SMILES string of the molecule is Cc1csc(CCCNC(=O)NC[C@@](C)(O)c2ccsc2)n1. The van der Waals surface area contributed by atoms with Gasteiger partial charge >= 0.3 is 6.03 Å². The Labute approximate surface area is 138 Å². The molecule has 22 heavy (non-hydrogen) atoms. The Balaban J connectivity index is 1.64. The average Bonchev–Trinajstić information content (AvgIpc) is 3.13. The topological polar surface area (TPSA) is 74.2 Å². The Morgan fingerprint density at radius 3 is 2.86 bits per heavy atom. The number of rotatable bonds is 7. The monoisotopic (exact) mass is 339 g/mol. The summed E-state index contributed by atoms with van der Waals surface area (Å²) in [6.45, 7) is 4.44. The third-order valence-corrected chi connectivity index (χ3v) is 4.97. The number of hydrogen-bond acceptors (Lipinski definition) is 5. The molecule has 1 atom stereocenters. The second-order valence-corrected chi connectivity index (χ2v) is 7.10. The molecule has 2 rings (SSSR count). The van der Waals surface area contributed by atoms with Crippen molar-refractivity contribution < 1.29 is 9.90 Å². The van der Waals surface area contributed by atoms with Crippen molar-refractivity contribution in [2.75, 3.05) is 13.1 Å². The van der Waals surface area contributed by atoms with Crippen LogP contribution in [0.4, 0.5) is 4.79 Å². The van der Waals surface area contributed by atoms with E-state index < -0.39 is 5.60 Å². The van der Waals surface area contributed by atoms with Crippen molar-refractivity contribution in [3.8, 4) is 0 Å². The summed E-state index contributed by atoms with van der Waals surface area (Å²) in [5, 5.41) is 22.7. The molecule has 2 aromatic rings. The predicted molar refractivity (Wildman–Crippen MR) is 90.5 cm³/mol. The van der Waals surface area contributed by atoms with E-state index in [1.807, 2.05) is 29.1 Å². The first-order chi connectivity index (χ1) is 10.5. The van der Waals surface area contributed by atoms with Crippen molar-refractivity contribution in [3.63, 3.8) is 0 Å². The van der Waals surface area contributed by atoms with E-state index in [1.54, 1.807) is 18.3 Å². The number of urea groups is 1. The van der Waals surface area contributed by atoms with Crippen molar-refractivity contribution in [2.24, 2.45) is 0 Å². The van der Waals surface area contributed by atoms with Gasteiger partial charge in [0, 0.05) is 24.0 Å². The molecule has 0 aromatic carbocycles. The fourth-order valence-corrected chi connectivity index (χ4v) is 3.55. The van der Waals surface area contributed by atoms with Crippen molar-refractivity contribution in [1.82, 2.24) is 15.6 Å². The minimum atomic E-state index is -1.05. The Morgan fingerprint density at radius 1 is 1.41 bits per heavy atom. The fraction of sp³-hybridized carbons (Fsp3) is 0.467. The number of aromatic nitrogens is 1. The largest absolute Gasteiger partial charge is 0.384 e. The molecule has 0 aliphatic heterocycles. The Kier molecular flexibility index (Phi) is 5.93. The standard InChI is InChI=1S/C15H21N3O2S2/c1-11-8-22-13(18-11)4-3-6-16-14(19)17-10-15(2,20)12-5-7-21-9-12/h5,7-9,20H,3-4,6,10H2,1-2H3,(H2,16,17,19)/t15-/m1/s1. The summed E-state index contributed by atoms with van der Waals surface area (Å²) >= 11 is 3.17. The molecule has 0 unspecified atom stereocenters. The van der Waals surface area contributed by atoms with E-state index in [0.29, 0.717) is 6.54 Å². The van der Waals surface area contributed by atoms with Gasteiger partial charge in [0.25, 0.3) is 0 Å². The van der Waals surface area contributed by atoms with E-state index in [9.17, 15) is 9.90 Å². The van der Waals surface area contributed by atoms with Crippen molar-refractivity contribution in [2.45, 2.75) is 32.3 Å². The number of nitrogens with one attached hydrogen (secondary N) is 2. The van der Waals surface area contributed by atoms with Crippen LogP contribution in [0.3, 0.4) is 0 Å². The minimum absolute atomic E-state index is 0.182. The molecule has 0 aliphatic carbocycles. The molecule has 2 amide bonds. The van der Waals surface area contributed by atoms with Crippen LogP contribution in [0.25, 0.3) is 0 Å². The van der Waals surface area contributed by atoms with Crippen LogP contribution in [-0.2, 0) is 12.0 Å². The zero-order valence-electron chi connectivity index (χ0n) is 12.8. The first-order valence-corrected chi connectivity index (χ1v) is 8.97. The highest BCUT2D eigenvalue weighted by Crippen LogP contribution is 2.21. The van der Waals surface area contributed by atoms with E-state index in [0.717, 1.165) is 29.1 Å². The maximum Gasteiger partial charge on any atom is 0.314 e. The molecule has 2 aromatic heterocycles. The molecule has 3 N–H and O–H groups in total. The molecule has 0 fully saturated rings. The molecule has 120 valence electrons. The van der Waals surface area contributed by atoms with E-state index in [4.69, 9.17) is 0 Å². The lowest BCUT2D eigenvalue weighted by Crippen LogP contribution is -2.43. The number of thiazole rings is 1. The van der Waals surface area contributed by atoms with Crippen LogP contribution in [0.5, 0.6) is 0 Å². The Hall–Kier alpha value is -1.44. The summed E-state index contributed by atoms with van der Waals surface area (Å²) in [6, 6.07) is 1.60. The van der Waals surface area contributed by atoms with E-state index in [2.05, 4.69) is 15.6 Å². The third kappa shape index (κ3) is 5.08. The van der Waals surface area contributed by atoms with E-state index in [1.165, 1.54) is 11.3 Å². The van der Waals surface area contributed by atoms with Gasteiger partial charge in [0.15, 0.2) is 0 Å². The molecule has 7 heteroatoms. The second kappa shape index (κ2) is 7.71. The van der Waals surface area contributed by atoms with Crippen LogP contribution in [0.1, 0.15) is 29.6 Å². The first-order valence-electron chi connectivity index (χ1n) is 7.15. The Morgan fingerprint density at radius 2 is 2.23 bits per heavy atom. The van der Waals surface area contributed by atoms with E-state index >= 15 is 0 Å². The van der Waals surface area contributed by atoms with Crippen LogP contribution < -0.4 is 10.6 Å². The van der Waals surface area contributed by atoms with Gasteiger partial charge in [0.1, 0.15) is 5.60 Å². The van der Waals surface area contributed by atoms with Gasteiger partial charge in [-0.3, -0.25) is 0 Å². The smallest absolute Gasteiger partial charge is 0.314 e. The number of carbonyl (C=O) groups is 1. The zero-order chi connectivity index (χ0) is 16.0. The number of carbonyl (C=O) groups excluding carboxylic acids is 1. The number of amides is 2. The number of aryl methyl sites for hydroxylation is 2. The normalized spacial score (nSPS) is 13.6. The van der Waals surface area contributed by atoms with Gasteiger partial charge in [-0.05, 0) is 42.7 Å². The van der Waals surface area contributed by atoms with Crippen LogP contribution in [0, 0.1) is 6.92 Å². The van der Waals surface area contributed by atoms with Crippen LogP contribution in [0.2, 0.25) is 0 Å². The van der Waals surface area contributed by atoms with Gasteiger partial charge < -0.3 is 15.7 Å². The molecule has 0 saturated heterocycles. The molecular formula is C15H21N3O2S2.